The van der Waals surface area contributed by atoms with Crippen molar-refractivity contribution >= 4 is 23.1 Å². The van der Waals surface area contributed by atoms with Gasteiger partial charge in [-0.2, -0.15) is 0 Å². The maximum atomic E-state index is 10.7. The van der Waals surface area contributed by atoms with Gasteiger partial charge < -0.3 is 10.2 Å². The van der Waals surface area contributed by atoms with Gasteiger partial charge in [-0.15, -0.1) is 11.8 Å². The molecule has 2 rings (SSSR count). The van der Waals surface area contributed by atoms with Gasteiger partial charge in [0.05, 0.1) is 10.6 Å². The number of likely N-dealkylation sites (N-methyl/N-ethyl adjacent to an activating group) is 1. The third kappa shape index (κ3) is 2.70. The van der Waals surface area contributed by atoms with E-state index in [-0.39, 0.29) is 10.6 Å². The van der Waals surface area contributed by atoms with E-state index in [4.69, 9.17) is 0 Å². The fourth-order valence-corrected chi connectivity index (χ4v) is 2.94. The molecule has 0 radical (unpaired) electrons. The first-order chi connectivity index (χ1) is 8.22. The van der Waals surface area contributed by atoms with Crippen LogP contribution in [-0.4, -0.2) is 37.4 Å². The Balaban J connectivity index is 2.23. The first kappa shape index (κ1) is 12.2. The molecule has 0 amide bonds. The maximum Gasteiger partial charge on any atom is 0.270 e. The zero-order chi connectivity index (χ0) is 12.3. The lowest BCUT2D eigenvalue weighted by atomic mass is 10.2. The van der Waals surface area contributed by atoms with E-state index in [1.807, 2.05) is 13.1 Å². The lowest BCUT2D eigenvalue weighted by Crippen LogP contribution is -2.34. The number of thioether (sulfide) groups is 1. The molecule has 0 unspecified atom stereocenters. The molecule has 5 nitrogen and oxygen atoms in total. The van der Waals surface area contributed by atoms with Crippen molar-refractivity contribution in [2.45, 2.75) is 4.90 Å². The quantitative estimate of drug-likeness (QED) is 0.654. The molecule has 6 heteroatoms. The van der Waals surface area contributed by atoms with Gasteiger partial charge in [-0.1, -0.05) is 0 Å². The van der Waals surface area contributed by atoms with Crippen LogP contribution in [0, 0.1) is 10.1 Å². The maximum absolute atomic E-state index is 10.7. The summed E-state index contributed by atoms with van der Waals surface area (Å²) in [7, 11) is 1.93. The molecule has 0 bridgehead atoms. The number of nitrogens with zero attached hydrogens (tertiary/aromatic N) is 2. The highest BCUT2D eigenvalue weighted by Crippen LogP contribution is 2.36. The molecule has 0 atom stereocenters. The summed E-state index contributed by atoms with van der Waals surface area (Å²) >= 11 is 1.69. The van der Waals surface area contributed by atoms with Gasteiger partial charge in [-0.25, -0.2) is 0 Å². The average Bonchev–Trinajstić information content (AvgIpc) is 2.35. The minimum absolute atomic E-state index is 0.173. The monoisotopic (exact) mass is 253 g/mol. The lowest BCUT2D eigenvalue weighted by molar-refractivity contribution is -0.385. The van der Waals surface area contributed by atoms with Gasteiger partial charge in [-0.3, -0.25) is 10.1 Å². The van der Waals surface area contributed by atoms with Crippen LogP contribution < -0.4 is 10.2 Å². The zero-order valence-corrected chi connectivity index (χ0v) is 10.5. The van der Waals surface area contributed by atoms with E-state index < -0.39 is 0 Å². The number of nitro groups is 1. The Morgan fingerprint density at radius 3 is 3.12 bits per heavy atom. The Hall–Kier alpha value is -1.27. The van der Waals surface area contributed by atoms with Crippen molar-refractivity contribution in [3.8, 4) is 0 Å². The number of fused-ring (bicyclic) bond motifs is 1. The highest BCUT2D eigenvalue weighted by molar-refractivity contribution is 7.99. The topological polar surface area (TPSA) is 58.4 Å². The number of benzene rings is 1. The Bertz CT molecular complexity index is 425. The van der Waals surface area contributed by atoms with Gasteiger partial charge in [-0.05, 0) is 13.1 Å². The van der Waals surface area contributed by atoms with E-state index in [0.29, 0.717) is 0 Å². The van der Waals surface area contributed by atoms with Crippen LogP contribution in [-0.2, 0) is 0 Å². The molecule has 1 aromatic carbocycles. The third-order valence-corrected chi connectivity index (χ3v) is 3.77. The summed E-state index contributed by atoms with van der Waals surface area (Å²) in [5, 5.41) is 13.8. The molecular formula is C11H15N3O2S. The first-order valence-electron chi connectivity index (χ1n) is 5.53. The fraction of sp³-hybridized carbons (Fsp3) is 0.455. The molecule has 1 N–H and O–H groups in total. The number of nitro benzene ring substituents is 1. The van der Waals surface area contributed by atoms with Crippen molar-refractivity contribution < 1.29 is 4.92 Å². The predicted octanol–water partition coefficient (Wildman–Crippen LogP) is 1.73. The van der Waals surface area contributed by atoms with E-state index >= 15 is 0 Å². The van der Waals surface area contributed by atoms with Crippen molar-refractivity contribution in [3.63, 3.8) is 0 Å². The summed E-state index contributed by atoms with van der Waals surface area (Å²) in [6.45, 7) is 2.85. The minimum atomic E-state index is -0.340. The van der Waals surface area contributed by atoms with Crippen LogP contribution in [0.25, 0.3) is 0 Å². The number of rotatable bonds is 4. The van der Waals surface area contributed by atoms with Crippen molar-refractivity contribution in [3.05, 3.63) is 28.3 Å². The van der Waals surface area contributed by atoms with Gasteiger partial charge in [0, 0.05) is 42.4 Å². The third-order valence-electron chi connectivity index (χ3n) is 2.75. The van der Waals surface area contributed by atoms with Gasteiger partial charge in [0.2, 0.25) is 0 Å². The summed E-state index contributed by atoms with van der Waals surface area (Å²) in [5.41, 5.74) is 1.29. The molecule has 1 aromatic rings. The fourth-order valence-electron chi connectivity index (χ4n) is 1.86. The van der Waals surface area contributed by atoms with Crippen molar-refractivity contribution in [2.75, 3.05) is 37.3 Å². The first-order valence-corrected chi connectivity index (χ1v) is 6.51. The molecule has 17 heavy (non-hydrogen) atoms. The number of hydrogen-bond donors (Lipinski definition) is 1. The van der Waals surface area contributed by atoms with Gasteiger partial charge in [0.25, 0.3) is 5.69 Å². The Labute approximate surface area is 104 Å². The standard InChI is InChI=1S/C11H15N3O2S/c1-12-4-5-13-6-7-17-11-8-9(14(15)16)2-3-10(11)13/h2-3,8,12H,4-7H2,1H3. The highest BCUT2D eigenvalue weighted by atomic mass is 32.2. The van der Waals surface area contributed by atoms with Crippen molar-refractivity contribution in [1.82, 2.24) is 5.32 Å². The van der Waals surface area contributed by atoms with Crippen LogP contribution in [0.1, 0.15) is 0 Å². The molecule has 0 fully saturated rings. The molecule has 1 aliphatic heterocycles. The highest BCUT2D eigenvalue weighted by Gasteiger charge is 2.19. The van der Waals surface area contributed by atoms with E-state index in [1.165, 1.54) is 0 Å². The Morgan fingerprint density at radius 2 is 2.41 bits per heavy atom. The normalized spacial score (nSPS) is 14.5. The van der Waals surface area contributed by atoms with E-state index in [2.05, 4.69) is 10.2 Å². The number of anilines is 1. The summed E-state index contributed by atoms with van der Waals surface area (Å²) < 4.78 is 0. The zero-order valence-electron chi connectivity index (χ0n) is 9.68. The molecule has 0 saturated heterocycles. The molecular weight excluding hydrogens is 238 g/mol. The number of nitrogens with one attached hydrogen (secondary N) is 1. The second-order valence-electron chi connectivity index (χ2n) is 3.85. The Morgan fingerprint density at radius 1 is 1.59 bits per heavy atom. The summed E-state index contributed by atoms with van der Waals surface area (Å²) in [4.78, 5) is 13.7. The van der Waals surface area contributed by atoms with Crippen LogP contribution in [0.3, 0.4) is 0 Å². The van der Waals surface area contributed by atoms with Gasteiger partial charge in [0.15, 0.2) is 0 Å². The van der Waals surface area contributed by atoms with Crippen LogP contribution >= 0.6 is 11.8 Å². The van der Waals surface area contributed by atoms with Gasteiger partial charge in [0.1, 0.15) is 0 Å². The van der Waals surface area contributed by atoms with Crippen LogP contribution in [0.15, 0.2) is 23.1 Å². The summed E-state index contributed by atoms with van der Waals surface area (Å²) in [6.07, 6.45) is 0. The van der Waals surface area contributed by atoms with Crippen molar-refractivity contribution in [2.24, 2.45) is 0 Å². The van der Waals surface area contributed by atoms with Crippen LogP contribution in [0.2, 0.25) is 0 Å². The second-order valence-corrected chi connectivity index (χ2v) is 4.98. The smallest absolute Gasteiger partial charge is 0.270 e. The molecule has 92 valence electrons. The second kappa shape index (κ2) is 5.37. The van der Waals surface area contributed by atoms with Crippen molar-refractivity contribution in [1.29, 1.82) is 0 Å². The van der Waals surface area contributed by atoms with E-state index in [0.717, 1.165) is 36.0 Å². The molecule has 0 aliphatic carbocycles. The molecule has 0 spiro atoms. The van der Waals surface area contributed by atoms with E-state index in [9.17, 15) is 10.1 Å². The molecule has 1 heterocycles. The number of hydrogen-bond acceptors (Lipinski definition) is 5. The van der Waals surface area contributed by atoms with Crippen LogP contribution in [0.4, 0.5) is 11.4 Å². The molecule has 1 aliphatic rings. The summed E-state index contributed by atoms with van der Waals surface area (Å²) in [5.74, 6) is 0.984. The van der Waals surface area contributed by atoms with Gasteiger partial charge >= 0.3 is 0 Å². The SMILES string of the molecule is CNCCN1CCSc2cc([N+](=O)[O-])ccc21. The lowest BCUT2D eigenvalue weighted by Gasteiger charge is -2.30. The Kier molecular flexibility index (Phi) is 3.86. The largest absolute Gasteiger partial charge is 0.369 e. The summed E-state index contributed by atoms with van der Waals surface area (Å²) in [6, 6.07) is 5.11. The van der Waals surface area contributed by atoms with Crippen LogP contribution in [0.5, 0.6) is 0 Å². The predicted molar refractivity (Wildman–Crippen MR) is 70.0 cm³/mol. The molecule has 0 aromatic heterocycles. The minimum Gasteiger partial charge on any atom is -0.369 e. The molecule has 0 saturated carbocycles. The number of non-ortho nitro benzene ring substituents is 1. The van der Waals surface area contributed by atoms with E-state index in [1.54, 1.807) is 23.9 Å². The average molecular weight is 253 g/mol.